The molecule has 0 radical (unpaired) electrons. The van der Waals surface area contributed by atoms with E-state index in [1.54, 1.807) is 0 Å². The number of esters is 3. The summed E-state index contributed by atoms with van der Waals surface area (Å²) in [6, 6.07) is 0. The number of carbonyl (C=O) groups is 3. The fraction of sp³-hybridized carbons (Fsp3) is 0.952. The Balaban J connectivity index is 4.24. The summed E-state index contributed by atoms with van der Waals surface area (Å²) in [5, 5.41) is 0. The van der Waals surface area contributed by atoms with Crippen molar-refractivity contribution in [3.8, 4) is 0 Å². The van der Waals surface area contributed by atoms with Crippen molar-refractivity contribution in [1.29, 1.82) is 0 Å². The predicted molar refractivity (Wildman–Crippen MR) is 293 cm³/mol. The summed E-state index contributed by atoms with van der Waals surface area (Å²) in [6.45, 7) is 11.4. The maximum absolute atomic E-state index is 12.9. The van der Waals surface area contributed by atoms with E-state index in [1.165, 1.54) is 238 Å². The number of unbranched alkanes of at least 4 members (excludes halogenated alkanes) is 40. The lowest BCUT2D eigenvalue weighted by Gasteiger charge is -2.18. The van der Waals surface area contributed by atoms with E-state index in [0.29, 0.717) is 19.3 Å². The van der Waals surface area contributed by atoms with E-state index in [1.807, 2.05) is 0 Å². The van der Waals surface area contributed by atoms with Gasteiger partial charge in [0.15, 0.2) is 6.10 Å². The molecule has 6 nitrogen and oxygen atoms in total. The smallest absolute Gasteiger partial charge is 0.306 e. The van der Waals surface area contributed by atoms with Crippen LogP contribution < -0.4 is 0 Å². The number of ether oxygens (including phenoxy) is 3. The van der Waals surface area contributed by atoms with Gasteiger partial charge in [-0.1, -0.05) is 311 Å². The second-order valence-electron chi connectivity index (χ2n) is 22.1. The minimum absolute atomic E-state index is 0.0625. The molecule has 0 aliphatic rings. The summed E-state index contributed by atoms with van der Waals surface area (Å²) in [4.78, 5) is 38.2. The topological polar surface area (TPSA) is 78.9 Å². The number of hydrogen-bond donors (Lipinski definition) is 0. The molecule has 0 saturated heterocycles. The van der Waals surface area contributed by atoms with E-state index in [-0.39, 0.29) is 31.1 Å². The van der Waals surface area contributed by atoms with Crippen LogP contribution in [0.3, 0.4) is 0 Å². The van der Waals surface area contributed by atoms with Crippen LogP contribution in [-0.2, 0) is 28.6 Å². The molecule has 0 aliphatic carbocycles. The zero-order valence-electron chi connectivity index (χ0n) is 46.7. The number of rotatable bonds is 56. The number of hydrogen-bond acceptors (Lipinski definition) is 6. The van der Waals surface area contributed by atoms with Crippen LogP contribution in [0.15, 0.2) is 0 Å². The Hall–Kier alpha value is -1.59. The monoisotopic (exact) mass is 961 g/mol. The Morgan fingerprint density at radius 3 is 0.838 bits per heavy atom. The van der Waals surface area contributed by atoms with Crippen LogP contribution in [0.1, 0.15) is 349 Å². The van der Waals surface area contributed by atoms with Crippen LogP contribution in [0.4, 0.5) is 0 Å². The standard InChI is InChI=1S/C62H120O6/c1-6-8-9-10-11-12-13-14-15-21-24-27-32-37-42-47-52-60(63)66-55-59(56-67-61(64)53-48-43-38-34-29-30-35-40-45-50-57(3)4)68-62(65)54-49-44-39-33-28-25-22-19-17-16-18-20-23-26-31-36-41-46-51-58(5)7-2/h57-59H,6-56H2,1-5H3/t58?,59-/m1/s1. The largest absolute Gasteiger partial charge is 0.462 e. The molecular formula is C62H120O6. The van der Waals surface area contributed by atoms with Gasteiger partial charge in [0.25, 0.3) is 0 Å². The fourth-order valence-corrected chi connectivity index (χ4v) is 9.55. The van der Waals surface area contributed by atoms with Crippen LogP contribution in [-0.4, -0.2) is 37.2 Å². The highest BCUT2D eigenvalue weighted by molar-refractivity contribution is 5.71. The van der Waals surface area contributed by atoms with Gasteiger partial charge in [-0.3, -0.25) is 14.4 Å². The SMILES string of the molecule is CCCCCCCCCCCCCCCCCCC(=O)OC[C@H](COC(=O)CCCCCCCCCCCC(C)C)OC(=O)CCCCCCCCCCCCCCCCCCCCC(C)CC. The van der Waals surface area contributed by atoms with Gasteiger partial charge >= 0.3 is 17.9 Å². The molecule has 0 rings (SSSR count). The van der Waals surface area contributed by atoms with Gasteiger partial charge in [-0.15, -0.1) is 0 Å². The average Bonchev–Trinajstić information content (AvgIpc) is 3.32. The minimum atomic E-state index is -0.763. The molecule has 6 heteroatoms. The molecule has 404 valence electrons. The molecule has 0 N–H and O–H groups in total. The summed E-state index contributed by atoms with van der Waals surface area (Å²) in [7, 11) is 0. The van der Waals surface area contributed by atoms with E-state index in [2.05, 4.69) is 34.6 Å². The lowest BCUT2D eigenvalue weighted by atomic mass is 9.99. The summed E-state index contributed by atoms with van der Waals surface area (Å²) >= 11 is 0. The van der Waals surface area contributed by atoms with Gasteiger partial charge in [-0.05, 0) is 31.1 Å². The summed E-state index contributed by atoms with van der Waals surface area (Å²) < 4.78 is 16.9. The highest BCUT2D eigenvalue weighted by Crippen LogP contribution is 2.19. The van der Waals surface area contributed by atoms with Crippen molar-refractivity contribution in [2.75, 3.05) is 13.2 Å². The lowest BCUT2D eigenvalue weighted by molar-refractivity contribution is -0.167. The maximum Gasteiger partial charge on any atom is 0.306 e. The van der Waals surface area contributed by atoms with Gasteiger partial charge in [0.05, 0.1) is 0 Å². The van der Waals surface area contributed by atoms with E-state index in [0.717, 1.165) is 69.6 Å². The van der Waals surface area contributed by atoms with Crippen molar-refractivity contribution in [3.05, 3.63) is 0 Å². The first kappa shape index (κ1) is 66.4. The molecule has 1 unspecified atom stereocenters. The molecule has 2 atom stereocenters. The Kier molecular flexibility index (Phi) is 53.5. The van der Waals surface area contributed by atoms with Crippen molar-refractivity contribution in [1.82, 2.24) is 0 Å². The molecular weight excluding hydrogens is 841 g/mol. The Morgan fingerprint density at radius 2 is 0.559 bits per heavy atom. The third-order valence-corrected chi connectivity index (χ3v) is 14.6. The molecule has 0 fully saturated rings. The van der Waals surface area contributed by atoms with E-state index in [9.17, 15) is 14.4 Å². The third-order valence-electron chi connectivity index (χ3n) is 14.6. The van der Waals surface area contributed by atoms with Crippen LogP contribution >= 0.6 is 0 Å². The lowest BCUT2D eigenvalue weighted by Crippen LogP contribution is -2.30. The van der Waals surface area contributed by atoms with Crippen LogP contribution in [0, 0.1) is 11.8 Å². The zero-order valence-corrected chi connectivity index (χ0v) is 46.7. The number of carbonyl (C=O) groups excluding carboxylic acids is 3. The molecule has 0 aromatic rings. The normalized spacial score (nSPS) is 12.4. The maximum atomic E-state index is 12.9. The van der Waals surface area contributed by atoms with Crippen molar-refractivity contribution >= 4 is 17.9 Å². The molecule has 0 aromatic heterocycles. The molecule has 0 spiro atoms. The van der Waals surface area contributed by atoms with Gasteiger partial charge in [0.2, 0.25) is 0 Å². The molecule has 0 aromatic carbocycles. The van der Waals surface area contributed by atoms with Crippen LogP contribution in [0.25, 0.3) is 0 Å². The van der Waals surface area contributed by atoms with Gasteiger partial charge in [-0.2, -0.15) is 0 Å². The van der Waals surface area contributed by atoms with E-state index in [4.69, 9.17) is 14.2 Å². The first-order valence-electron chi connectivity index (χ1n) is 30.8. The van der Waals surface area contributed by atoms with Crippen LogP contribution in [0.2, 0.25) is 0 Å². The van der Waals surface area contributed by atoms with Gasteiger partial charge in [-0.25, -0.2) is 0 Å². The average molecular weight is 962 g/mol. The quantitative estimate of drug-likeness (QED) is 0.0343. The summed E-state index contributed by atoms with van der Waals surface area (Å²) in [5.74, 6) is 0.881. The predicted octanol–water partition coefficient (Wildman–Crippen LogP) is 20.4. The van der Waals surface area contributed by atoms with Gasteiger partial charge < -0.3 is 14.2 Å². The van der Waals surface area contributed by atoms with E-state index < -0.39 is 6.10 Å². The van der Waals surface area contributed by atoms with Gasteiger partial charge in [0, 0.05) is 19.3 Å². The first-order chi connectivity index (χ1) is 33.3. The van der Waals surface area contributed by atoms with Crippen LogP contribution in [0.5, 0.6) is 0 Å². The summed E-state index contributed by atoms with van der Waals surface area (Å²) in [5.41, 5.74) is 0. The third kappa shape index (κ3) is 53.8. The molecule has 0 bridgehead atoms. The van der Waals surface area contributed by atoms with E-state index >= 15 is 0 Å². The van der Waals surface area contributed by atoms with Crippen molar-refractivity contribution < 1.29 is 28.6 Å². The second kappa shape index (κ2) is 54.7. The second-order valence-corrected chi connectivity index (χ2v) is 22.1. The Morgan fingerprint density at radius 1 is 0.309 bits per heavy atom. The van der Waals surface area contributed by atoms with Gasteiger partial charge in [0.1, 0.15) is 13.2 Å². The first-order valence-corrected chi connectivity index (χ1v) is 30.8. The molecule has 0 amide bonds. The zero-order chi connectivity index (χ0) is 49.6. The minimum Gasteiger partial charge on any atom is -0.462 e. The highest BCUT2D eigenvalue weighted by Gasteiger charge is 2.19. The molecule has 68 heavy (non-hydrogen) atoms. The Bertz CT molecular complexity index is 1040. The van der Waals surface area contributed by atoms with Crippen molar-refractivity contribution in [2.45, 2.75) is 355 Å². The fourth-order valence-electron chi connectivity index (χ4n) is 9.55. The summed E-state index contributed by atoms with van der Waals surface area (Å²) in [6.07, 6.45) is 59.6. The molecule has 0 saturated carbocycles. The Labute approximate surface area is 425 Å². The van der Waals surface area contributed by atoms with Crippen molar-refractivity contribution in [2.24, 2.45) is 11.8 Å². The molecule has 0 heterocycles. The van der Waals surface area contributed by atoms with Crippen molar-refractivity contribution in [3.63, 3.8) is 0 Å². The molecule has 0 aliphatic heterocycles. The highest BCUT2D eigenvalue weighted by atomic mass is 16.6.